The van der Waals surface area contributed by atoms with Gasteiger partial charge in [0, 0.05) is 27.7 Å². The molecule has 31 heavy (non-hydrogen) atoms. The molecule has 0 unspecified atom stereocenters. The molecule has 0 aromatic rings. The molecule has 0 heterocycles. The van der Waals surface area contributed by atoms with Gasteiger partial charge < -0.3 is 36.6 Å². The second-order valence-electron chi connectivity index (χ2n) is 4.00. The Morgan fingerprint density at radius 2 is 0.839 bits per heavy atom. The smallest absolute Gasteiger partial charge is 0.356 e. The van der Waals surface area contributed by atoms with E-state index in [2.05, 4.69) is 16.2 Å². The molecule has 0 saturated heterocycles. The van der Waals surface area contributed by atoms with Crippen LogP contribution in [0.4, 0.5) is 0 Å². The number of nitrogens with two attached hydrogens (primary N) is 5. The average Bonchev–Trinajstić information content (AvgIpc) is 2.45. The van der Waals surface area contributed by atoms with Gasteiger partial charge in [0.05, 0.1) is 6.61 Å². The fourth-order valence-corrected chi connectivity index (χ4v) is 0.256. The van der Waals surface area contributed by atoms with E-state index in [9.17, 15) is 4.79 Å². The number of carboxylic acids is 4. The SMILES string of the molecule is CC(=O)O.CC(=O)O.CC(=O)O.CC(=O)O.CCOC(=O)C(N)(N)N.NC=O.NC=O. The number of hydrogen-bond acceptors (Lipinski definition) is 11. The van der Waals surface area contributed by atoms with Crippen molar-refractivity contribution in [2.75, 3.05) is 6.61 Å². The van der Waals surface area contributed by atoms with Crippen molar-refractivity contribution < 1.29 is 58.7 Å². The fraction of sp³-hybridized carbons (Fsp3) is 0.500. The normalized spacial score (nSPS) is 7.23. The van der Waals surface area contributed by atoms with Gasteiger partial charge in [0.25, 0.3) is 23.9 Å². The molecule has 0 bridgehead atoms. The van der Waals surface area contributed by atoms with Crippen LogP contribution in [0.15, 0.2) is 0 Å². The lowest BCUT2D eigenvalue weighted by atomic mass is 10.4. The highest BCUT2D eigenvalue weighted by molar-refractivity contribution is 5.78. The molecule has 0 saturated carbocycles. The van der Waals surface area contributed by atoms with Crippen molar-refractivity contribution in [3.63, 3.8) is 0 Å². The molecule has 0 spiro atoms. The first kappa shape index (κ1) is 45.7. The first-order valence-corrected chi connectivity index (χ1v) is 7.37. The molecule has 2 amide bonds. The molecule has 0 aromatic carbocycles. The van der Waals surface area contributed by atoms with E-state index in [1.54, 1.807) is 6.92 Å². The minimum absolute atomic E-state index is 0.228. The molecule has 0 aliphatic heterocycles. The number of aliphatic carboxylic acids is 4. The Labute approximate surface area is 178 Å². The molecule has 0 radical (unpaired) electrons. The second kappa shape index (κ2) is 37.0. The molecule has 0 aliphatic rings. The summed E-state index contributed by atoms with van der Waals surface area (Å²) >= 11 is 0. The molecule has 0 aliphatic carbocycles. The van der Waals surface area contributed by atoms with Gasteiger partial charge in [-0.2, -0.15) is 0 Å². The Balaban J connectivity index is -0.0000000456. The van der Waals surface area contributed by atoms with Crippen LogP contribution < -0.4 is 28.7 Å². The highest BCUT2D eigenvalue weighted by Gasteiger charge is 2.24. The Hall–Kier alpha value is -3.83. The van der Waals surface area contributed by atoms with Gasteiger partial charge in [0.1, 0.15) is 0 Å². The number of amides is 2. The third-order valence-electron chi connectivity index (χ3n) is 0.629. The summed E-state index contributed by atoms with van der Waals surface area (Å²) < 4.78 is 4.39. The Bertz CT molecular complexity index is 423. The number of hydrogen-bond donors (Lipinski definition) is 9. The molecule has 0 rings (SSSR count). The van der Waals surface area contributed by atoms with Crippen LogP contribution in [-0.2, 0) is 38.3 Å². The number of primary amides is 2. The third-order valence-corrected chi connectivity index (χ3v) is 0.629. The molecular formula is C14H33N5O12. The van der Waals surface area contributed by atoms with E-state index in [1.807, 2.05) is 0 Å². The lowest BCUT2D eigenvalue weighted by Gasteiger charge is -2.14. The van der Waals surface area contributed by atoms with E-state index in [1.165, 1.54) is 0 Å². The zero-order valence-electron chi connectivity index (χ0n) is 17.8. The molecule has 186 valence electrons. The monoisotopic (exact) mass is 463 g/mol. The zero-order chi connectivity index (χ0) is 27.2. The minimum atomic E-state index is -1.85. The van der Waals surface area contributed by atoms with Crippen LogP contribution in [0, 0.1) is 0 Å². The largest absolute Gasteiger partial charge is 0.481 e. The molecule has 0 fully saturated rings. The number of carboxylic acid groups (broad SMARTS) is 4. The van der Waals surface area contributed by atoms with E-state index in [-0.39, 0.29) is 19.4 Å². The van der Waals surface area contributed by atoms with Crippen LogP contribution in [0.5, 0.6) is 0 Å². The third kappa shape index (κ3) is 572. The summed E-state index contributed by atoms with van der Waals surface area (Å²) in [5.41, 5.74) is 23.2. The lowest BCUT2D eigenvalue weighted by molar-refractivity contribution is -0.149. The minimum Gasteiger partial charge on any atom is -0.481 e. The van der Waals surface area contributed by atoms with Crippen LogP contribution in [0.3, 0.4) is 0 Å². The standard InChI is InChI=1S/C4H11N3O2.4C2H4O2.2CH3NO/c1-2-9-3(8)4(5,6)7;4*1-2(3)4;2*2-1-3/h2,5-7H2,1H3;4*1H3,(H,3,4);2*1H,(H2,2,3). The summed E-state index contributed by atoms with van der Waals surface area (Å²) in [6.45, 7) is 6.20. The summed E-state index contributed by atoms with van der Waals surface area (Å²) in [6.07, 6.45) is 0.500. The summed E-state index contributed by atoms with van der Waals surface area (Å²) in [5.74, 6) is -5.99. The van der Waals surface area contributed by atoms with Gasteiger partial charge in [-0.15, -0.1) is 0 Å². The molecule has 17 nitrogen and oxygen atoms in total. The zero-order valence-corrected chi connectivity index (χ0v) is 17.8. The van der Waals surface area contributed by atoms with Crippen molar-refractivity contribution in [2.45, 2.75) is 40.4 Å². The Morgan fingerprint density at radius 3 is 0.871 bits per heavy atom. The summed E-state index contributed by atoms with van der Waals surface area (Å²) in [4.78, 5) is 63.6. The fourth-order valence-electron chi connectivity index (χ4n) is 0.256. The summed E-state index contributed by atoms with van der Waals surface area (Å²) in [5, 5.41) is 29.7. The van der Waals surface area contributed by atoms with Crippen LogP contribution in [-0.4, -0.2) is 75.5 Å². The van der Waals surface area contributed by atoms with Crippen LogP contribution >= 0.6 is 0 Å². The number of carbonyl (C=O) groups is 7. The van der Waals surface area contributed by atoms with E-state index >= 15 is 0 Å². The maximum Gasteiger partial charge on any atom is 0.356 e. The van der Waals surface area contributed by atoms with Gasteiger partial charge in [-0.25, -0.2) is 4.79 Å². The maximum atomic E-state index is 10.5. The first-order chi connectivity index (χ1) is 13.7. The van der Waals surface area contributed by atoms with Crippen LogP contribution in [0.25, 0.3) is 0 Å². The Morgan fingerprint density at radius 1 is 0.710 bits per heavy atom. The van der Waals surface area contributed by atoms with Crippen molar-refractivity contribution in [1.29, 1.82) is 0 Å². The number of esters is 1. The topological polar surface area (TPSA) is 340 Å². The molecule has 17 heteroatoms. The van der Waals surface area contributed by atoms with E-state index < -0.39 is 35.6 Å². The van der Waals surface area contributed by atoms with Crippen molar-refractivity contribution in [3.05, 3.63) is 0 Å². The van der Waals surface area contributed by atoms with Gasteiger partial charge in [-0.3, -0.25) is 46.0 Å². The highest BCUT2D eigenvalue weighted by Crippen LogP contribution is 1.83. The van der Waals surface area contributed by atoms with Gasteiger partial charge in [0.15, 0.2) is 0 Å². The molecule has 14 N–H and O–H groups in total. The van der Waals surface area contributed by atoms with Crippen molar-refractivity contribution in [3.8, 4) is 0 Å². The number of carbonyl (C=O) groups excluding carboxylic acids is 3. The summed E-state index contributed by atoms with van der Waals surface area (Å²) in [6, 6.07) is 0. The maximum absolute atomic E-state index is 10.5. The van der Waals surface area contributed by atoms with E-state index in [4.69, 9.17) is 66.4 Å². The van der Waals surface area contributed by atoms with Gasteiger partial charge >= 0.3 is 5.97 Å². The van der Waals surface area contributed by atoms with Gasteiger partial charge in [-0.05, 0) is 6.92 Å². The molecule has 0 aromatic heterocycles. The van der Waals surface area contributed by atoms with Crippen LogP contribution in [0.2, 0.25) is 0 Å². The molecular weight excluding hydrogens is 430 g/mol. The van der Waals surface area contributed by atoms with E-state index in [0.29, 0.717) is 0 Å². The highest BCUT2D eigenvalue weighted by atomic mass is 16.5. The van der Waals surface area contributed by atoms with Crippen molar-refractivity contribution >= 4 is 42.7 Å². The summed E-state index contributed by atoms with van der Waals surface area (Å²) in [7, 11) is 0. The van der Waals surface area contributed by atoms with Gasteiger partial charge in [0.2, 0.25) is 18.6 Å². The van der Waals surface area contributed by atoms with Crippen LogP contribution in [0.1, 0.15) is 34.6 Å². The predicted octanol–water partition coefficient (Wildman–Crippen LogP) is -3.35. The number of rotatable bonds is 2. The predicted molar refractivity (Wildman–Crippen MR) is 106 cm³/mol. The lowest BCUT2D eigenvalue weighted by Crippen LogP contribution is -2.64. The average molecular weight is 463 g/mol. The van der Waals surface area contributed by atoms with Crippen molar-refractivity contribution in [2.24, 2.45) is 28.7 Å². The van der Waals surface area contributed by atoms with Crippen molar-refractivity contribution in [1.82, 2.24) is 0 Å². The molecule has 0 atom stereocenters. The van der Waals surface area contributed by atoms with E-state index in [0.717, 1.165) is 27.7 Å². The van der Waals surface area contributed by atoms with Gasteiger partial charge in [-0.1, -0.05) is 0 Å². The second-order valence-corrected chi connectivity index (χ2v) is 4.00. The quantitative estimate of drug-likeness (QED) is 0.110. The Kier molecular flexibility index (Phi) is 54.6. The first-order valence-electron chi connectivity index (χ1n) is 7.37. The number of ether oxygens (including phenoxy) is 1.